The highest BCUT2D eigenvalue weighted by molar-refractivity contribution is 5.06. The molecule has 0 aliphatic carbocycles. The molecule has 1 N–H and O–H groups in total. The SMILES string of the molecule is C=C(CN1CCNCC1)C1CCCN(C(C)C)C1. The molecule has 2 saturated heterocycles. The zero-order valence-corrected chi connectivity index (χ0v) is 12.1. The summed E-state index contributed by atoms with van der Waals surface area (Å²) < 4.78 is 0. The maximum atomic E-state index is 4.38. The average molecular weight is 251 g/mol. The summed E-state index contributed by atoms with van der Waals surface area (Å²) in [5.41, 5.74) is 1.46. The van der Waals surface area contributed by atoms with Crippen LogP contribution in [-0.2, 0) is 0 Å². The third kappa shape index (κ3) is 3.81. The Bertz CT molecular complexity index is 269. The maximum absolute atomic E-state index is 4.38. The van der Waals surface area contributed by atoms with Crippen molar-refractivity contribution in [3.8, 4) is 0 Å². The number of rotatable bonds is 4. The molecule has 2 fully saturated rings. The molecule has 0 saturated carbocycles. The molecule has 2 aliphatic heterocycles. The van der Waals surface area contributed by atoms with Crippen LogP contribution in [0.25, 0.3) is 0 Å². The zero-order valence-electron chi connectivity index (χ0n) is 12.1. The summed E-state index contributed by atoms with van der Waals surface area (Å²) in [6, 6.07) is 0.680. The highest BCUT2D eigenvalue weighted by Crippen LogP contribution is 2.24. The summed E-state index contributed by atoms with van der Waals surface area (Å²) >= 11 is 0. The number of hydrogen-bond donors (Lipinski definition) is 1. The van der Waals surface area contributed by atoms with Gasteiger partial charge in [-0.2, -0.15) is 0 Å². The second-order valence-corrected chi connectivity index (χ2v) is 6.11. The molecule has 2 rings (SSSR count). The van der Waals surface area contributed by atoms with Crippen molar-refractivity contribution in [2.75, 3.05) is 45.8 Å². The van der Waals surface area contributed by atoms with Crippen LogP contribution in [0.5, 0.6) is 0 Å². The van der Waals surface area contributed by atoms with Crippen molar-refractivity contribution in [1.29, 1.82) is 0 Å². The molecule has 0 radical (unpaired) electrons. The molecular formula is C15H29N3. The molecule has 0 aromatic carbocycles. The van der Waals surface area contributed by atoms with Gasteiger partial charge in [-0.15, -0.1) is 0 Å². The topological polar surface area (TPSA) is 18.5 Å². The van der Waals surface area contributed by atoms with Gasteiger partial charge in [0.15, 0.2) is 0 Å². The second kappa shape index (κ2) is 6.69. The van der Waals surface area contributed by atoms with E-state index in [-0.39, 0.29) is 0 Å². The number of piperidine rings is 1. The molecule has 1 unspecified atom stereocenters. The van der Waals surface area contributed by atoms with Gasteiger partial charge in [0.25, 0.3) is 0 Å². The molecule has 1 atom stereocenters. The van der Waals surface area contributed by atoms with Crippen LogP contribution in [0.1, 0.15) is 26.7 Å². The van der Waals surface area contributed by atoms with Gasteiger partial charge < -0.3 is 10.2 Å². The highest BCUT2D eigenvalue weighted by Gasteiger charge is 2.24. The van der Waals surface area contributed by atoms with Crippen molar-refractivity contribution in [1.82, 2.24) is 15.1 Å². The third-order valence-corrected chi connectivity index (χ3v) is 4.40. The van der Waals surface area contributed by atoms with Gasteiger partial charge in [0, 0.05) is 45.3 Å². The van der Waals surface area contributed by atoms with Crippen molar-refractivity contribution in [3.05, 3.63) is 12.2 Å². The molecule has 104 valence electrons. The van der Waals surface area contributed by atoms with Crippen LogP contribution < -0.4 is 5.32 Å². The Labute approximate surface area is 112 Å². The van der Waals surface area contributed by atoms with Gasteiger partial charge in [0.05, 0.1) is 0 Å². The third-order valence-electron chi connectivity index (χ3n) is 4.40. The normalized spacial score (nSPS) is 27.6. The first kappa shape index (κ1) is 14.0. The number of nitrogens with one attached hydrogen (secondary N) is 1. The van der Waals surface area contributed by atoms with Crippen LogP contribution in [0.2, 0.25) is 0 Å². The Morgan fingerprint density at radius 2 is 2.00 bits per heavy atom. The Balaban J connectivity index is 1.80. The van der Waals surface area contributed by atoms with Gasteiger partial charge in [0.1, 0.15) is 0 Å². The highest BCUT2D eigenvalue weighted by atomic mass is 15.2. The lowest BCUT2D eigenvalue weighted by molar-refractivity contribution is 0.147. The minimum atomic E-state index is 0.680. The van der Waals surface area contributed by atoms with E-state index in [1.54, 1.807) is 0 Å². The molecule has 0 amide bonds. The Morgan fingerprint density at radius 1 is 1.28 bits per heavy atom. The predicted molar refractivity (Wildman–Crippen MR) is 77.9 cm³/mol. The number of hydrogen-bond acceptors (Lipinski definition) is 3. The van der Waals surface area contributed by atoms with E-state index < -0.39 is 0 Å². The Kier molecular flexibility index (Phi) is 5.22. The summed E-state index contributed by atoms with van der Waals surface area (Å²) in [6.45, 7) is 17.2. The fourth-order valence-corrected chi connectivity index (χ4v) is 3.09. The van der Waals surface area contributed by atoms with E-state index in [0.29, 0.717) is 6.04 Å². The van der Waals surface area contributed by atoms with Crippen LogP contribution >= 0.6 is 0 Å². The number of likely N-dealkylation sites (tertiary alicyclic amines) is 1. The van der Waals surface area contributed by atoms with E-state index in [9.17, 15) is 0 Å². The summed E-state index contributed by atoms with van der Waals surface area (Å²) in [6.07, 6.45) is 2.68. The molecule has 2 heterocycles. The summed E-state index contributed by atoms with van der Waals surface area (Å²) in [5.74, 6) is 0.719. The first-order chi connectivity index (χ1) is 8.66. The summed E-state index contributed by atoms with van der Waals surface area (Å²) in [4.78, 5) is 5.16. The summed E-state index contributed by atoms with van der Waals surface area (Å²) in [5, 5.41) is 3.41. The predicted octanol–water partition coefficient (Wildman–Crippen LogP) is 1.57. The second-order valence-electron chi connectivity index (χ2n) is 6.11. The molecular weight excluding hydrogens is 222 g/mol. The first-order valence-electron chi connectivity index (χ1n) is 7.51. The van der Waals surface area contributed by atoms with Crippen LogP contribution in [-0.4, -0.2) is 61.7 Å². The van der Waals surface area contributed by atoms with Gasteiger partial charge >= 0.3 is 0 Å². The van der Waals surface area contributed by atoms with E-state index in [0.717, 1.165) is 25.6 Å². The molecule has 0 aromatic rings. The lowest BCUT2D eigenvalue weighted by Gasteiger charge is -2.38. The molecule has 0 spiro atoms. The van der Waals surface area contributed by atoms with Crippen LogP contribution in [0.3, 0.4) is 0 Å². The lowest BCUT2D eigenvalue weighted by Crippen LogP contribution is -2.46. The Hall–Kier alpha value is -0.380. The standard InChI is InChI=1S/C15H29N3/c1-13(2)18-8-4-5-15(12-18)14(3)11-17-9-6-16-7-10-17/h13,15-16H,3-12H2,1-2H3. The van der Waals surface area contributed by atoms with Crippen LogP contribution in [0, 0.1) is 5.92 Å². The number of piperazine rings is 1. The van der Waals surface area contributed by atoms with Crippen LogP contribution in [0.15, 0.2) is 12.2 Å². The van der Waals surface area contributed by atoms with Crippen molar-refractivity contribution in [2.45, 2.75) is 32.7 Å². The molecule has 3 nitrogen and oxygen atoms in total. The van der Waals surface area contributed by atoms with Crippen LogP contribution in [0.4, 0.5) is 0 Å². The monoisotopic (exact) mass is 251 g/mol. The molecule has 0 bridgehead atoms. The molecule has 18 heavy (non-hydrogen) atoms. The average Bonchev–Trinajstić information content (AvgIpc) is 2.40. The summed E-state index contributed by atoms with van der Waals surface area (Å²) in [7, 11) is 0. The number of nitrogens with zero attached hydrogens (tertiary/aromatic N) is 2. The van der Waals surface area contributed by atoms with Crippen molar-refractivity contribution in [3.63, 3.8) is 0 Å². The van der Waals surface area contributed by atoms with Gasteiger partial charge in [-0.3, -0.25) is 4.90 Å². The van der Waals surface area contributed by atoms with E-state index in [4.69, 9.17) is 0 Å². The molecule has 2 aliphatic rings. The fraction of sp³-hybridized carbons (Fsp3) is 0.867. The Morgan fingerprint density at radius 3 is 2.67 bits per heavy atom. The van der Waals surface area contributed by atoms with E-state index in [2.05, 4.69) is 35.5 Å². The fourth-order valence-electron chi connectivity index (χ4n) is 3.09. The van der Waals surface area contributed by atoms with Gasteiger partial charge in [0.2, 0.25) is 0 Å². The minimum absolute atomic E-state index is 0.680. The van der Waals surface area contributed by atoms with E-state index >= 15 is 0 Å². The van der Waals surface area contributed by atoms with Gasteiger partial charge in [-0.25, -0.2) is 0 Å². The first-order valence-corrected chi connectivity index (χ1v) is 7.51. The van der Waals surface area contributed by atoms with Crippen molar-refractivity contribution in [2.24, 2.45) is 5.92 Å². The van der Waals surface area contributed by atoms with Gasteiger partial charge in [-0.1, -0.05) is 12.2 Å². The van der Waals surface area contributed by atoms with Gasteiger partial charge in [-0.05, 0) is 39.2 Å². The smallest absolute Gasteiger partial charge is 0.0194 e. The van der Waals surface area contributed by atoms with E-state index in [1.807, 2.05) is 0 Å². The molecule has 3 heteroatoms. The quantitative estimate of drug-likeness (QED) is 0.765. The van der Waals surface area contributed by atoms with Crippen molar-refractivity contribution >= 4 is 0 Å². The molecule has 0 aromatic heterocycles. The minimum Gasteiger partial charge on any atom is -0.314 e. The zero-order chi connectivity index (χ0) is 13.0. The van der Waals surface area contributed by atoms with E-state index in [1.165, 1.54) is 44.6 Å². The maximum Gasteiger partial charge on any atom is 0.0194 e. The lowest BCUT2D eigenvalue weighted by atomic mass is 9.90. The van der Waals surface area contributed by atoms with Crippen molar-refractivity contribution < 1.29 is 0 Å². The largest absolute Gasteiger partial charge is 0.314 e.